The number of carbonyl (C=O) groups is 2. The minimum atomic E-state index is -1.21. The number of hydrogen-bond donors (Lipinski definition) is 3. The third kappa shape index (κ3) is 3.13. The van der Waals surface area contributed by atoms with Crippen LogP contribution in [-0.4, -0.2) is 26.4 Å². The number of carbonyl (C=O) groups excluding carboxylic acids is 1. The molecule has 3 rings (SSSR count). The van der Waals surface area contributed by atoms with Gasteiger partial charge >= 0.3 is 5.97 Å². The second-order valence-corrected chi connectivity index (χ2v) is 6.31. The van der Waals surface area contributed by atoms with Crippen LogP contribution in [0, 0.1) is 0 Å². The van der Waals surface area contributed by atoms with Crippen LogP contribution < -0.4 is 5.32 Å². The zero-order valence-corrected chi connectivity index (χ0v) is 13.0. The Balaban J connectivity index is 1.89. The van der Waals surface area contributed by atoms with Crippen molar-refractivity contribution in [2.24, 2.45) is 0 Å². The van der Waals surface area contributed by atoms with E-state index in [2.05, 4.69) is 5.32 Å². The Morgan fingerprint density at radius 1 is 1.30 bits per heavy atom. The van der Waals surface area contributed by atoms with E-state index in [-0.39, 0.29) is 17.2 Å². The van der Waals surface area contributed by atoms with Gasteiger partial charge in [-0.1, -0.05) is 30.0 Å². The number of aromatic hydroxyl groups is 1. The molecule has 2 aromatic rings. The SMILES string of the molecule is O=C1NC(=S)S/C1=C\c1ccc(-c2ccc(C(=O)O)c(O)c2)o1. The van der Waals surface area contributed by atoms with Gasteiger partial charge in [0.25, 0.3) is 5.91 Å². The number of benzene rings is 1. The molecule has 1 aliphatic rings. The van der Waals surface area contributed by atoms with Crippen molar-refractivity contribution >= 4 is 46.3 Å². The number of thiocarbonyl (C=S) groups is 1. The van der Waals surface area contributed by atoms with E-state index in [1.807, 2.05) is 0 Å². The lowest BCUT2D eigenvalue weighted by molar-refractivity contribution is -0.115. The third-order valence-electron chi connectivity index (χ3n) is 3.05. The molecule has 0 spiro atoms. The van der Waals surface area contributed by atoms with Gasteiger partial charge < -0.3 is 19.9 Å². The van der Waals surface area contributed by atoms with Gasteiger partial charge in [0.15, 0.2) is 0 Å². The van der Waals surface area contributed by atoms with Gasteiger partial charge in [0.2, 0.25) is 0 Å². The molecule has 1 fully saturated rings. The Kier molecular flexibility index (Phi) is 3.93. The van der Waals surface area contributed by atoms with Gasteiger partial charge in [-0.2, -0.15) is 0 Å². The minimum absolute atomic E-state index is 0.185. The molecule has 0 radical (unpaired) electrons. The first-order valence-electron chi connectivity index (χ1n) is 6.35. The van der Waals surface area contributed by atoms with Crippen LogP contribution in [0.1, 0.15) is 16.1 Å². The standard InChI is InChI=1S/C15H9NO5S2/c17-10-5-7(1-3-9(10)14(19)20)11-4-2-8(21-11)6-12-13(18)16-15(22)23-12/h1-6,17H,(H,19,20)(H,16,18,22)/b12-6-. The lowest BCUT2D eigenvalue weighted by Gasteiger charge is -2.02. The average Bonchev–Trinajstić information content (AvgIpc) is 3.06. The Hall–Kier alpha value is -2.58. The van der Waals surface area contributed by atoms with Crippen LogP contribution in [0.25, 0.3) is 17.4 Å². The molecule has 8 heteroatoms. The minimum Gasteiger partial charge on any atom is -0.507 e. The monoisotopic (exact) mass is 347 g/mol. The summed E-state index contributed by atoms with van der Waals surface area (Å²) in [5.74, 6) is -0.942. The molecule has 0 bridgehead atoms. The summed E-state index contributed by atoms with van der Waals surface area (Å²) in [6.45, 7) is 0. The number of carboxylic acids is 1. The fourth-order valence-electron chi connectivity index (χ4n) is 2.00. The number of rotatable bonds is 3. The molecule has 3 N–H and O–H groups in total. The summed E-state index contributed by atoms with van der Waals surface area (Å²) in [5.41, 5.74) is 0.339. The highest BCUT2D eigenvalue weighted by atomic mass is 32.2. The molecule has 1 aliphatic heterocycles. The van der Waals surface area contributed by atoms with Gasteiger partial charge in [0, 0.05) is 11.6 Å². The predicted octanol–water partition coefficient (Wildman–Crippen LogP) is 2.84. The maximum atomic E-state index is 11.6. The summed E-state index contributed by atoms with van der Waals surface area (Å²) in [6.07, 6.45) is 1.56. The third-order valence-corrected chi connectivity index (χ3v) is 4.22. The maximum absolute atomic E-state index is 11.6. The fourth-order valence-corrected chi connectivity index (χ4v) is 3.03. The summed E-state index contributed by atoms with van der Waals surface area (Å²) in [6, 6.07) is 7.47. The number of amides is 1. The molecule has 0 unspecified atom stereocenters. The molecule has 2 heterocycles. The van der Waals surface area contributed by atoms with Crippen LogP contribution in [0.2, 0.25) is 0 Å². The molecule has 23 heavy (non-hydrogen) atoms. The lowest BCUT2D eigenvalue weighted by Crippen LogP contribution is -2.17. The van der Waals surface area contributed by atoms with E-state index in [0.717, 1.165) is 11.8 Å². The van der Waals surface area contributed by atoms with E-state index in [1.165, 1.54) is 18.2 Å². The number of aromatic carboxylic acids is 1. The first-order valence-corrected chi connectivity index (χ1v) is 7.58. The number of furan rings is 1. The van der Waals surface area contributed by atoms with Crippen LogP contribution >= 0.6 is 24.0 Å². The Bertz CT molecular complexity index is 869. The summed E-state index contributed by atoms with van der Waals surface area (Å²) < 4.78 is 5.99. The van der Waals surface area contributed by atoms with E-state index in [0.29, 0.717) is 26.3 Å². The van der Waals surface area contributed by atoms with Gasteiger partial charge in [0.05, 0.1) is 4.91 Å². The molecule has 0 saturated carbocycles. The molecule has 1 saturated heterocycles. The summed E-state index contributed by atoms with van der Waals surface area (Å²) in [5, 5.41) is 21.1. The van der Waals surface area contributed by atoms with Gasteiger partial charge in [-0.15, -0.1) is 0 Å². The van der Waals surface area contributed by atoms with Gasteiger partial charge in [0.1, 0.15) is 27.2 Å². The van der Waals surface area contributed by atoms with E-state index < -0.39 is 5.97 Å². The van der Waals surface area contributed by atoms with Crippen LogP contribution in [0.15, 0.2) is 39.7 Å². The van der Waals surface area contributed by atoms with Crippen molar-refractivity contribution in [3.8, 4) is 17.1 Å². The molecule has 0 atom stereocenters. The Morgan fingerprint density at radius 3 is 2.70 bits per heavy atom. The van der Waals surface area contributed by atoms with Crippen LogP contribution in [0.3, 0.4) is 0 Å². The molecule has 6 nitrogen and oxygen atoms in total. The summed E-state index contributed by atoms with van der Waals surface area (Å²) >= 11 is 6.05. The Morgan fingerprint density at radius 2 is 2.09 bits per heavy atom. The molecular weight excluding hydrogens is 338 g/mol. The lowest BCUT2D eigenvalue weighted by atomic mass is 10.1. The molecule has 0 aliphatic carbocycles. The highest BCUT2D eigenvalue weighted by Gasteiger charge is 2.22. The largest absolute Gasteiger partial charge is 0.507 e. The number of thioether (sulfide) groups is 1. The summed E-state index contributed by atoms with van der Waals surface area (Å²) in [4.78, 5) is 22.9. The van der Waals surface area contributed by atoms with Gasteiger partial charge in [-0.25, -0.2) is 4.79 Å². The van der Waals surface area contributed by atoms with Crippen LogP contribution in [-0.2, 0) is 4.79 Å². The zero-order chi connectivity index (χ0) is 16.6. The first-order chi connectivity index (χ1) is 10.9. The summed E-state index contributed by atoms with van der Waals surface area (Å²) in [7, 11) is 0. The zero-order valence-electron chi connectivity index (χ0n) is 11.4. The maximum Gasteiger partial charge on any atom is 0.339 e. The van der Waals surface area contributed by atoms with Crippen molar-refractivity contribution in [2.45, 2.75) is 0 Å². The van der Waals surface area contributed by atoms with Crippen molar-refractivity contribution in [1.82, 2.24) is 5.32 Å². The molecule has 1 aromatic heterocycles. The smallest absolute Gasteiger partial charge is 0.339 e. The predicted molar refractivity (Wildman–Crippen MR) is 89.1 cm³/mol. The molecular formula is C15H9NO5S2. The van der Waals surface area contributed by atoms with E-state index in [4.69, 9.17) is 21.7 Å². The molecule has 116 valence electrons. The number of phenols is 1. The van der Waals surface area contributed by atoms with Crippen LogP contribution in [0.5, 0.6) is 5.75 Å². The highest BCUT2D eigenvalue weighted by Crippen LogP contribution is 2.30. The number of carboxylic acid groups (broad SMARTS) is 1. The van der Waals surface area contributed by atoms with Crippen molar-refractivity contribution in [2.75, 3.05) is 0 Å². The van der Waals surface area contributed by atoms with Crippen molar-refractivity contribution in [1.29, 1.82) is 0 Å². The first kappa shape index (κ1) is 15.3. The van der Waals surface area contributed by atoms with Gasteiger partial charge in [-0.3, -0.25) is 4.79 Å². The quantitative estimate of drug-likeness (QED) is 0.580. The average molecular weight is 347 g/mol. The topological polar surface area (TPSA) is 99.8 Å². The second-order valence-electron chi connectivity index (χ2n) is 4.59. The molecule has 1 aromatic carbocycles. The van der Waals surface area contributed by atoms with E-state index in [1.54, 1.807) is 18.2 Å². The second kappa shape index (κ2) is 5.90. The number of nitrogens with one attached hydrogen (secondary N) is 1. The number of hydrogen-bond acceptors (Lipinski definition) is 6. The van der Waals surface area contributed by atoms with Gasteiger partial charge in [-0.05, 0) is 24.3 Å². The normalized spacial score (nSPS) is 15.9. The van der Waals surface area contributed by atoms with Crippen molar-refractivity contribution in [3.05, 3.63) is 46.6 Å². The fraction of sp³-hybridized carbons (Fsp3) is 0. The molecule has 1 amide bonds. The van der Waals surface area contributed by atoms with Crippen molar-refractivity contribution in [3.63, 3.8) is 0 Å². The van der Waals surface area contributed by atoms with Crippen molar-refractivity contribution < 1.29 is 24.2 Å². The Labute approximate surface area is 139 Å². The van der Waals surface area contributed by atoms with E-state index in [9.17, 15) is 14.7 Å². The van der Waals surface area contributed by atoms with E-state index >= 15 is 0 Å². The highest BCUT2D eigenvalue weighted by molar-refractivity contribution is 8.26. The van der Waals surface area contributed by atoms with Crippen LogP contribution in [0.4, 0.5) is 0 Å².